The minimum Gasteiger partial charge on any atom is -0.497 e. The van der Waals surface area contributed by atoms with E-state index < -0.39 is 0 Å². The van der Waals surface area contributed by atoms with Crippen molar-refractivity contribution < 1.29 is 9.53 Å². The molecule has 0 saturated heterocycles. The first-order chi connectivity index (χ1) is 12.6. The van der Waals surface area contributed by atoms with Gasteiger partial charge in [-0.3, -0.25) is 4.79 Å². The lowest BCUT2D eigenvalue weighted by Gasteiger charge is -2.10. The van der Waals surface area contributed by atoms with Crippen molar-refractivity contribution >= 4 is 23.2 Å². The molecule has 1 heterocycles. The zero-order valence-electron chi connectivity index (χ0n) is 15.1. The van der Waals surface area contributed by atoms with Crippen LogP contribution in [0.25, 0.3) is 11.0 Å². The predicted octanol–water partition coefficient (Wildman–Crippen LogP) is 3.32. The van der Waals surface area contributed by atoms with Crippen molar-refractivity contribution in [3.8, 4) is 5.75 Å². The Morgan fingerprint density at radius 1 is 1.23 bits per heavy atom. The molecule has 0 aliphatic heterocycles. The highest BCUT2D eigenvalue weighted by molar-refractivity contribution is 5.84. The number of rotatable bonds is 6. The van der Waals surface area contributed by atoms with Crippen molar-refractivity contribution in [3.05, 3.63) is 59.9 Å². The number of hydrazone groups is 1. The minimum absolute atomic E-state index is 0.175. The maximum absolute atomic E-state index is 12.3. The molecular formula is C20H22N4O2. The average molecular weight is 350 g/mol. The third-order valence-electron chi connectivity index (χ3n) is 4.02. The van der Waals surface area contributed by atoms with Crippen LogP contribution in [0.3, 0.4) is 0 Å². The Morgan fingerprint density at radius 2 is 1.96 bits per heavy atom. The molecule has 134 valence electrons. The monoisotopic (exact) mass is 350 g/mol. The smallest absolute Gasteiger partial charge is 0.260 e. The van der Waals surface area contributed by atoms with Crippen molar-refractivity contribution in [3.63, 3.8) is 0 Å². The Morgan fingerprint density at radius 3 is 2.65 bits per heavy atom. The second-order valence-corrected chi connectivity index (χ2v) is 6.27. The summed E-state index contributed by atoms with van der Waals surface area (Å²) in [6, 6.07) is 15.3. The number of benzene rings is 2. The summed E-state index contributed by atoms with van der Waals surface area (Å²) in [5, 5.41) is 4.03. The predicted molar refractivity (Wildman–Crippen MR) is 103 cm³/mol. The Kier molecular flexibility index (Phi) is 5.31. The van der Waals surface area contributed by atoms with Crippen LogP contribution in [0, 0.1) is 0 Å². The minimum atomic E-state index is -0.195. The van der Waals surface area contributed by atoms with Gasteiger partial charge in [-0.2, -0.15) is 5.10 Å². The van der Waals surface area contributed by atoms with Gasteiger partial charge in [0.15, 0.2) is 0 Å². The maximum Gasteiger partial charge on any atom is 0.260 e. The first kappa shape index (κ1) is 17.7. The Hall–Kier alpha value is -3.15. The summed E-state index contributed by atoms with van der Waals surface area (Å²) in [5.74, 6) is 1.69. The number of ether oxygens (including phenoxy) is 1. The Labute approximate surface area is 152 Å². The van der Waals surface area contributed by atoms with Crippen LogP contribution >= 0.6 is 0 Å². The van der Waals surface area contributed by atoms with Crippen LogP contribution in [-0.4, -0.2) is 28.8 Å². The normalized spacial score (nSPS) is 11.4. The molecule has 0 unspecified atom stereocenters. The Balaban J connectivity index is 1.70. The number of hydrogen-bond donors (Lipinski definition) is 1. The summed E-state index contributed by atoms with van der Waals surface area (Å²) >= 11 is 0. The average Bonchev–Trinajstić information content (AvgIpc) is 3.01. The molecule has 1 aromatic heterocycles. The number of hydrogen-bond acceptors (Lipinski definition) is 4. The molecule has 6 nitrogen and oxygen atoms in total. The maximum atomic E-state index is 12.3. The first-order valence-electron chi connectivity index (χ1n) is 8.49. The molecule has 2 aromatic carbocycles. The summed E-state index contributed by atoms with van der Waals surface area (Å²) < 4.78 is 7.06. The standard InChI is InChI=1S/C20H22N4O2/c1-14(2)20-22-17-6-4-5-7-18(17)24(20)13-19(25)23-21-12-15-8-10-16(26-3)11-9-15/h4-12,14H,13H2,1-3H3,(H,23,25)/b21-12+. The van der Waals surface area contributed by atoms with E-state index in [1.54, 1.807) is 13.3 Å². The van der Waals surface area contributed by atoms with E-state index in [4.69, 9.17) is 4.74 Å². The first-order valence-corrected chi connectivity index (χ1v) is 8.49. The van der Waals surface area contributed by atoms with Crippen molar-refractivity contribution in [2.75, 3.05) is 7.11 Å². The van der Waals surface area contributed by atoms with E-state index in [9.17, 15) is 4.79 Å². The van der Waals surface area contributed by atoms with Gasteiger partial charge in [0.05, 0.1) is 24.4 Å². The number of amides is 1. The number of methoxy groups -OCH3 is 1. The molecule has 0 saturated carbocycles. The quantitative estimate of drug-likeness (QED) is 0.548. The fraction of sp³-hybridized carbons (Fsp3) is 0.250. The molecule has 0 spiro atoms. The molecule has 0 aliphatic rings. The van der Waals surface area contributed by atoms with Crippen LogP contribution in [0.4, 0.5) is 0 Å². The van der Waals surface area contributed by atoms with Gasteiger partial charge >= 0.3 is 0 Å². The number of nitrogens with zero attached hydrogens (tertiary/aromatic N) is 3. The lowest BCUT2D eigenvalue weighted by atomic mass is 10.2. The molecule has 1 amide bonds. The molecule has 0 atom stereocenters. The summed E-state index contributed by atoms with van der Waals surface area (Å²) in [5.41, 5.74) is 5.30. The topological polar surface area (TPSA) is 68.5 Å². The molecule has 3 rings (SSSR count). The highest BCUT2D eigenvalue weighted by atomic mass is 16.5. The molecule has 1 N–H and O–H groups in total. The molecule has 0 fully saturated rings. The summed E-state index contributed by atoms with van der Waals surface area (Å²) in [7, 11) is 1.62. The van der Waals surface area contributed by atoms with Crippen molar-refractivity contribution in [1.29, 1.82) is 0 Å². The highest BCUT2D eigenvalue weighted by Gasteiger charge is 2.15. The van der Waals surface area contributed by atoms with Gasteiger partial charge < -0.3 is 9.30 Å². The van der Waals surface area contributed by atoms with Crippen molar-refractivity contribution in [2.45, 2.75) is 26.3 Å². The lowest BCUT2D eigenvalue weighted by Crippen LogP contribution is -2.24. The molecule has 26 heavy (non-hydrogen) atoms. The van der Waals surface area contributed by atoms with E-state index in [1.165, 1.54) is 0 Å². The van der Waals surface area contributed by atoms with Crippen LogP contribution in [0.15, 0.2) is 53.6 Å². The fourth-order valence-corrected chi connectivity index (χ4v) is 2.75. The van der Waals surface area contributed by atoms with Crippen LogP contribution in [-0.2, 0) is 11.3 Å². The van der Waals surface area contributed by atoms with Gasteiger partial charge in [-0.25, -0.2) is 10.4 Å². The molecular weight excluding hydrogens is 328 g/mol. The number of aromatic nitrogens is 2. The Bertz CT molecular complexity index is 927. The van der Waals surface area contributed by atoms with Gasteiger partial charge in [0, 0.05) is 5.92 Å². The van der Waals surface area contributed by atoms with Crippen molar-refractivity contribution in [1.82, 2.24) is 15.0 Å². The third-order valence-corrected chi connectivity index (χ3v) is 4.02. The second-order valence-electron chi connectivity index (χ2n) is 6.27. The number of carbonyl (C=O) groups excluding carboxylic acids is 1. The zero-order chi connectivity index (χ0) is 18.5. The molecule has 0 radical (unpaired) electrons. The lowest BCUT2D eigenvalue weighted by molar-refractivity contribution is -0.121. The zero-order valence-corrected chi connectivity index (χ0v) is 15.1. The fourth-order valence-electron chi connectivity index (χ4n) is 2.75. The van der Waals surface area contributed by atoms with E-state index in [2.05, 4.69) is 29.4 Å². The number of imidazole rings is 1. The molecule has 0 aliphatic carbocycles. The third kappa shape index (κ3) is 3.91. The summed E-state index contributed by atoms with van der Waals surface area (Å²) in [6.45, 7) is 4.31. The van der Waals surface area contributed by atoms with E-state index >= 15 is 0 Å². The molecule has 0 bridgehead atoms. The SMILES string of the molecule is COc1ccc(/C=N/NC(=O)Cn2c(C(C)C)nc3ccccc32)cc1. The number of nitrogens with one attached hydrogen (secondary N) is 1. The van der Waals surface area contributed by atoms with Gasteiger partial charge in [0.25, 0.3) is 5.91 Å². The van der Waals surface area contributed by atoms with Gasteiger partial charge in [-0.1, -0.05) is 26.0 Å². The van der Waals surface area contributed by atoms with E-state index in [0.717, 1.165) is 28.2 Å². The second kappa shape index (κ2) is 7.82. The summed E-state index contributed by atoms with van der Waals surface area (Å²) in [6.07, 6.45) is 1.60. The van der Waals surface area contributed by atoms with E-state index in [1.807, 2.05) is 53.1 Å². The summed E-state index contributed by atoms with van der Waals surface area (Å²) in [4.78, 5) is 17.0. The van der Waals surface area contributed by atoms with E-state index in [-0.39, 0.29) is 18.4 Å². The number of carbonyl (C=O) groups is 1. The van der Waals surface area contributed by atoms with Crippen LogP contribution < -0.4 is 10.2 Å². The van der Waals surface area contributed by atoms with Gasteiger partial charge in [0.2, 0.25) is 0 Å². The highest BCUT2D eigenvalue weighted by Crippen LogP contribution is 2.21. The molecule has 3 aromatic rings. The van der Waals surface area contributed by atoms with Crippen LogP contribution in [0.5, 0.6) is 5.75 Å². The van der Waals surface area contributed by atoms with Crippen LogP contribution in [0.2, 0.25) is 0 Å². The molecule has 6 heteroatoms. The number of para-hydroxylation sites is 2. The van der Waals surface area contributed by atoms with Crippen LogP contribution in [0.1, 0.15) is 31.2 Å². The van der Waals surface area contributed by atoms with Gasteiger partial charge in [0.1, 0.15) is 18.1 Å². The number of fused-ring (bicyclic) bond motifs is 1. The van der Waals surface area contributed by atoms with Gasteiger partial charge in [-0.15, -0.1) is 0 Å². The largest absolute Gasteiger partial charge is 0.497 e. The van der Waals surface area contributed by atoms with E-state index in [0.29, 0.717) is 0 Å². The van der Waals surface area contributed by atoms with Gasteiger partial charge in [-0.05, 0) is 42.0 Å². The van der Waals surface area contributed by atoms with Crippen molar-refractivity contribution in [2.24, 2.45) is 5.10 Å².